The average molecular weight is 274 g/mol. The van der Waals surface area contributed by atoms with Crippen LogP contribution in [0.4, 0.5) is 11.8 Å². The van der Waals surface area contributed by atoms with Crippen molar-refractivity contribution in [1.29, 1.82) is 0 Å². The van der Waals surface area contributed by atoms with Gasteiger partial charge in [0.1, 0.15) is 10.6 Å². The second-order valence-corrected chi connectivity index (χ2v) is 6.78. The van der Waals surface area contributed by atoms with Gasteiger partial charge in [-0.2, -0.15) is 4.98 Å². The molecule has 0 radical (unpaired) electrons. The summed E-state index contributed by atoms with van der Waals surface area (Å²) in [5, 5.41) is 6.66. The van der Waals surface area contributed by atoms with Crippen LogP contribution in [0, 0.1) is 17.8 Å². The van der Waals surface area contributed by atoms with E-state index in [1.807, 2.05) is 5.38 Å². The molecule has 0 aliphatic heterocycles. The van der Waals surface area contributed by atoms with Gasteiger partial charge < -0.3 is 11.1 Å². The highest BCUT2D eigenvalue weighted by Crippen LogP contribution is 2.48. The molecule has 4 nitrogen and oxygen atoms in total. The van der Waals surface area contributed by atoms with E-state index in [1.165, 1.54) is 25.7 Å². The Bertz CT molecular complexity index is 609. The smallest absolute Gasteiger partial charge is 0.223 e. The van der Waals surface area contributed by atoms with Gasteiger partial charge in [0.25, 0.3) is 0 Å². The van der Waals surface area contributed by atoms with Gasteiger partial charge in [-0.15, -0.1) is 11.3 Å². The molecule has 2 heterocycles. The molecule has 2 saturated carbocycles. The zero-order chi connectivity index (χ0) is 12.8. The van der Waals surface area contributed by atoms with Gasteiger partial charge in [-0.05, 0) is 48.5 Å². The summed E-state index contributed by atoms with van der Waals surface area (Å²) >= 11 is 1.61. The molecule has 0 amide bonds. The number of thiophene rings is 1. The van der Waals surface area contributed by atoms with E-state index in [-0.39, 0.29) is 0 Å². The molecule has 2 aromatic rings. The van der Waals surface area contributed by atoms with Crippen LogP contribution in [0.1, 0.15) is 25.7 Å². The normalized spacial score (nSPS) is 29.2. The van der Waals surface area contributed by atoms with E-state index in [1.54, 1.807) is 11.3 Å². The number of nitrogens with two attached hydrogens (primary N) is 1. The van der Waals surface area contributed by atoms with E-state index < -0.39 is 0 Å². The average Bonchev–Trinajstić information content (AvgIpc) is 3.10. The SMILES string of the molecule is Nc1nc(NCC2CC3CCC2C3)c2ccsc2n1. The first-order valence-corrected chi connectivity index (χ1v) is 7.92. The minimum atomic E-state index is 0.366. The number of rotatable bonds is 3. The molecule has 2 aliphatic rings. The monoisotopic (exact) mass is 274 g/mol. The summed E-state index contributed by atoms with van der Waals surface area (Å²) in [6.45, 7) is 1.03. The predicted molar refractivity (Wildman–Crippen MR) is 79.3 cm³/mol. The van der Waals surface area contributed by atoms with Crippen LogP contribution in [-0.2, 0) is 0 Å². The largest absolute Gasteiger partial charge is 0.369 e. The van der Waals surface area contributed by atoms with E-state index in [0.717, 1.165) is 40.3 Å². The Balaban J connectivity index is 1.53. The van der Waals surface area contributed by atoms with E-state index in [0.29, 0.717) is 5.95 Å². The van der Waals surface area contributed by atoms with E-state index >= 15 is 0 Å². The fraction of sp³-hybridized carbons (Fsp3) is 0.571. The van der Waals surface area contributed by atoms with Gasteiger partial charge in [-0.1, -0.05) is 6.42 Å². The molecule has 2 fully saturated rings. The zero-order valence-corrected chi connectivity index (χ0v) is 11.6. The van der Waals surface area contributed by atoms with Crippen LogP contribution in [0.25, 0.3) is 10.2 Å². The van der Waals surface area contributed by atoms with Crippen molar-refractivity contribution in [3.05, 3.63) is 11.4 Å². The quantitative estimate of drug-likeness (QED) is 0.902. The minimum absolute atomic E-state index is 0.366. The first-order chi connectivity index (χ1) is 9.29. The predicted octanol–water partition coefficient (Wildman–Crippen LogP) is 3.12. The van der Waals surface area contributed by atoms with Crippen LogP contribution in [0.2, 0.25) is 0 Å². The first kappa shape index (κ1) is 11.5. The number of hydrogen-bond acceptors (Lipinski definition) is 5. The number of nitrogens with zero attached hydrogens (tertiary/aromatic N) is 2. The fourth-order valence-electron chi connectivity index (χ4n) is 3.86. The van der Waals surface area contributed by atoms with Crippen molar-refractivity contribution < 1.29 is 0 Å². The van der Waals surface area contributed by atoms with E-state index in [2.05, 4.69) is 21.4 Å². The molecule has 2 aromatic heterocycles. The first-order valence-electron chi connectivity index (χ1n) is 7.04. The van der Waals surface area contributed by atoms with Crippen molar-refractivity contribution in [3.63, 3.8) is 0 Å². The molecule has 3 atom stereocenters. The minimum Gasteiger partial charge on any atom is -0.369 e. The molecular formula is C14H18N4S. The molecule has 3 unspecified atom stereocenters. The maximum Gasteiger partial charge on any atom is 0.223 e. The van der Waals surface area contributed by atoms with Crippen LogP contribution in [0.3, 0.4) is 0 Å². The molecule has 0 spiro atoms. The van der Waals surface area contributed by atoms with Crippen molar-refractivity contribution in [2.75, 3.05) is 17.6 Å². The summed E-state index contributed by atoms with van der Waals surface area (Å²) in [7, 11) is 0. The summed E-state index contributed by atoms with van der Waals surface area (Å²) in [6, 6.07) is 2.07. The second kappa shape index (κ2) is 4.34. The molecule has 2 aliphatic carbocycles. The number of nitrogen functional groups attached to an aromatic ring is 1. The van der Waals surface area contributed by atoms with Crippen LogP contribution in [0.15, 0.2) is 11.4 Å². The third kappa shape index (κ3) is 1.96. The topological polar surface area (TPSA) is 63.8 Å². The van der Waals surface area contributed by atoms with Crippen molar-refractivity contribution >= 4 is 33.3 Å². The Hall–Kier alpha value is -1.36. The summed E-state index contributed by atoms with van der Waals surface area (Å²) in [6.07, 6.45) is 5.73. The van der Waals surface area contributed by atoms with Crippen molar-refractivity contribution in [2.24, 2.45) is 17.8 Å². The second-order valence-electron chi connectivity index (χ2n) is 5.89. The third-order valence-electron chi connectivity index (χ3n) is 4.76. The number of hydrogen-bond donors (Lipinski definition) is 2. The summed E-state index contributed by atoms with van der Waals surface area (Å²) in [5.74, 6) is 4.03. The van der Waals surface area contributed by atoms with Crippen LogP contribution >= 0.6 is 11.3 Å². The van der Waals surface area contributed by atoms with Crippen LogP contribution < -0.4 is 11.1 Å². The maximum atomic E-state index is 5.77. The molecular weight excluding hydrogens is 256 g/mol. The Morgan fingerprint density at radius 2 is 2.26 bits per heavy atom. The summed E-state index contributed by atoms with van der Waals surface area (Å²) in [5.41, 5.74) is 5.77. The van der Waals surface area contributed by atoms with Gasteiger partial charge in [0, 0.05) is 6.54 Å². The van der Waals surface area contributed by atoms with Gasteiger partial charge in [-0.3, -0.25) is 0 Å². The Morgan fingerprint density at radius 1 is 1.32 bits per heavy atom. The molecule has 0 saturated heterocycles. The summed E-state index contributed by atoms with van der Waals surface area (Å²) < 4.78 is 0. The molecule has 19 heavy (non-hydrogen) atoms. The highest BCUT2D eigenvalue weighted by atomic mass is 32.1. The van der Waals surface area contributed by atoms with E-state index in [9.17, 15) is 0 Å². The molecule has 5 heteroatoms. The summed E-state index contributed by atoms with van der Waals surface area (Å²) in [4.78, 5) is 9.59. The van der Waals surface area contributed by atoms with Gasteiger partial charge >= 0.3 is 0 Å². The Labute approximate surface area is 116 Å². The standard InChI is InChI=1S/C14H18N4S/c15-14-17-12(11-3-4-19-13(11)18-14)16-7-10-6-8-1-2-9(10)5-8/h3-4,8-10H,1-2,5-7H2,(H3,15,16,17,18). The lowest BCUT2D eigenvalue weighted by atomic mass is 9.89. The lowest BCUT2D eigenvalue weighted by Crippen LogP contribution is -2.20. The Kier molecular flexibility index (Phi) is 2.62. The highest BCUT2D eigenvalue weighted by molar-refractivity contribution is 7.16. The Morgan fingerprint density at radius 3 is 3.05 bits per heavy atom. The van der Waals surface area contributed by atoms with Crippen molar-refractivity contribution in [3.8, 4) is 0 Å². The van der Waals surface area contributed by atoms with Crippen LogP contribution in [0.5, 0.6) is 0 Å². The van der Waals surface area contributed by atoms with Crippen LogP contribution in [-0.4, -0.2) is 16.5 Å². The number of fused-ring (bicyclic) bond motifs is 3. The highest BCUT2D eigenvalue weighted by Gasteiger charge is 2.39. The molecule has 0 aromatic carbocycles. The molecule has 2 bridgehead atoms. The fourth-order valence-corrected chi connectivity index (χ4v) is 4.63. The molecule has 4 rings (SSSR count). The maximum absolute atomic E-state index is 5.77. The number of aromatic nitrogens is 2. The lowest BCUT2D eigenvalue weighted by Gasteiger charge is -2.22. The zero-order valence-electron chi connectivity index (χ0n) is 10.8. The van der Waals surface area contributed by atoms with Gasteiger partial charge in [-0.25, -0.2) is 4.98 Å². The van der Waals surface area contributed by atoms with Gasteiger partial charge in [0.05, 0.1) is 5.39 Å². The molecule has 100 valence electrons. The molecule has 3 N–H and O–H groups in total. The number of nitrogens with one attached hydrogen (secondary N) is 1. The third-order valence-corrected chi connectivity index (χ3v) is 5.57. The van der Waals surface area contributed by atoms with Gasteiger partial charge in [0.2, 0.25) is 5.95 Å². The van der Waals surface area contributed by atoms with Crippen molar-refractivity contribution in [2.45, 2.75) is 25.7 Å². The number of anilines is 2. The van der Waals surface area contributed by atoms with Gasteiger partial charge in [0.15, 0.2) is 0 Å². The van der Waals surface area contributed by atoms with E-state index in [4.69, 9.17) is 5.73 Å². The van der Waals surface area contributed by atoms with Crippen molar-refractivity contribution in [1.82, 2.24) is 9.97 Å². The lowest BCUT2D eigenvalue weighted by molar-refractivity contribution is 0.348.